The van der Waals surface area contributed by atoms with Crippen molar-refractivity contribution in [3.05, 3.63) is 0 Å². The fourth-order valence-electron chi connectivity index (χ4n) is 5.08. The van der Waals surface area contributed by atoms with Gasteiger partial charge in [-0.15, -0.1) is 0 Å². The predicted octanol–water partition coefficient (Wildman–Crippen LogP) is 3.67. The number of Topliss-reactive ketones (excluding diaryl/α,β-unsaturated/α-hetero) is 1. The summed E-state index contributed by atoms with van der Waals surface area (Å²) in [6.07, 6.45) is 5.11. The molecule has 0 aromatic carbocycles. The van der Waals surface area contributed by atoms with Crippen LogP contribution in [0.5, 0.6) is 0 Å². The largest absolute Gasteiger partial charge is 0.299 e. The lowest BCUT2D eigenvalue weighted by molar-refractivity contribution is -0.131. The van der Waals surface area contributed by atoms with E-state index in [9.17, 15) is 4.79 Å². The lowest BCUT2D eigenvalue weighted by Crippen LogP contribution is -2.44. The van der Waals surface area contributed by atoms with Gasteiger partial charge in [0.05, 0.1) is 0 Å². The molecule has 2 bridgehead atoms. The van der Waals surface area contributed by atoms with Crippen LogP contribution in [0.25, 0.3) is 0 Å². The molecule has 0 aromatic heterocycles. The molecule has 0 aromatic rings. The van der Waals surface area contributed by atoms with E-state index in [4.69, 9.17) is 0 Å². The standard InChI is InChI=1S/C15H24O/c1-9-10-5-6-12(14(2,3)7-10)15(4)8-11(15)13(9)16/h9-12H,5-8H2,1-4H3/t9-,10?,11?,12?,15-/m1/s1. The van der Waals surface area contributed by atoms with Crippen molar-refractivity contribution < 1.29 is 4.79 Å². The molecule has 0 aliphatic heterocycles. The van der Waals surface area contributed by atoms with E-state index in [1.807, 2.05) is 0 Å². The summed E-state index contributed by atoms with van der Waals surface area (Å²) in [5.74, 6) is 2.79. The summed E-state index contributed by atoms with van der Waals surface area (Å²) < 4.78 is 0. The van der Waals surface area contributed by atoms with Crippen LogP contribution in [0.3, 0.4) is 0 Å². The molecule has 3 unspecified atom stereocenters. The predicted molar refractivity (Wildman–Crippen MR) is 65.0 cm³/mol. The quantitative estimate of drug-likeness (QED) is 0.608. The highest BCUT2D eigenvalue weighted by molar-refractivity contribution is 5.87. The van der Waals surface area contributed by atoms with Gasteiger partial charge in [0.15, 0.2) is 0 Å². The molecule has 0 heterocycles. The van der Waals surface area contributed by atoms with Gasteiger partial charge in [-0.2, -0.15) is 0 Å². The van der Waals surface area contributed by atoms with Crippen molar-refractivity contribution in [3.63, 3.8) is 0 Å². The molecule has 0 saturated heterocycles. The summed E-state index contributed by atoms with van der Waals surface area (Å²) in [6, 6.07) is 0. The molecule has 90 valence electrons. The minimum atomic E-state index is 0.326. The van der Waals surface area contributed by atoms with Crippen LogP contribution in [0.4, 0.5) is 0 Å². The van der Waals surface area contributed by atoms with Crippen LogP contribution in [0.15, 0.2) is 0 Å². The van der Waals surface area contributed by atoms with E-state index in [0.717, 1.165) is 5.92 Å². The lowest BCUT2D eigenvalue weighted by atomic mass is 9.55. The Kier molecular flexibility index (Phi) is 1.97. The SMILES string of the molecule is C[C@H]1C(=O)C2C[C@@]2(C)C2CCC1CC2(C)C. The Morgan fingerprint density at radius 3 is 2.44 bits per heavy atom. The van der Waals surface area contributed by atoms with Crippen LogP contribution < -0.4 is 0 Å². The van der Waals surface area contributed by atoms with Crippen molar-refractivity contribution in [1.29, 1.82) is 0 Å². The van der Waals surface area contributed by atoms with E-state index in [-0.39, 0.29) is 0 Å². The first-order valence-corrected chi connectivity index (χ1v) is 6.90. The second kappa shape index (κ2) is 2.91. The molecule has 0 spiro atoms. The minimum absolute atomic E-state index is 0.326. The van der Waals surface area contributed by atoms with E-state index in [0.29, 0.717) is 34.4 Å². The molecule has 16 heavy (non-hydrogen) atoms. The third-order valence-electron chi connectivity index (χ3n) is 6.13. The van der Waals surface area contributed by atoms with E-state index in [2.05, 4.69) is 27.7 Å². The molecule has 0 N–H and O–H groups in total. The van der Waals surface area contributed by atoms with E-state index in [1.54, 1.807) is 0 Å². The van der Waals surface area contributed by atoms with Gasteiger partial charge in [-0.25, -0.2) is 0 Å². The summed E-state index contributed by atoms with van der Waals surface area (Å²) in [5, 5.41) is 0. The molecule has 1 nitrogen and oxygen atoms in total. The number of carbonyl (C=O) groups excluding carboxylic acids is 1. The van der Waals surface area contributed by atoms with Gasteiger partial charge in [0.25, 0.3) is 0 Å². The Morgan fingerprint density at radius 1 is 1.12 bits per heavy atom. The monoisotopic (exact) mass is 220 g/mol. The zero-order valence-electron chi connectivity index (χ0n) is 11.0. The summed E-state index contributed by atoms with van der Waals surface area (Å²) in [5.41, 5.74) is 0.821. The maximum absolute atomic E-state index is 12.3. The molecule has 4 saturated carbocycles. The van der Waals surface area contributed by atoms with Gasteiger partial charge in [-0.05, 0) is 48.3 Å². The van der Waals surface area contributed by atoms with E-state index >= 15 is 0 Å². The highest BCUT2D eigenvalue weighted by Crippen LogP contribution is 2.68. The average molecular weight is 220 g/mol. The minimum Gasteiger partial charge on any atom is -0.299 e. The first-order chi connectivity index (χ1) is 7.36. The molecule has 1 heteroatoms. The third kappa shape index (κ3) is 1.21. The number of rotatable bonds is 0. The molecule has 4 fully saturated rings. The van der Waals surface area contributed by atoms with Crippen LogP contribution in [-0.4, -0.2) is 5.78 Å². The maximum atomic E-state index is 12.3. The Morgan fingerprint density at radius 2 is 1.81 bits per heavy atom. The van der Waals surface area contributed by atoms with Crippen LogP contribution in [-0.2, 0) is 4.79 Å². The molecule has 4 aliphatic carbocycles. The van der Waals surface area contributed by atoms with Crippen molar-refractivity contribution in [2.75, 3.05) is 0 Å². The molecular weight excluding hydrogens is 196 g/mol. The Balaban J connectivity index is 2.02. The summed E-state index contributed by atoms with van der Waals surface area (Å²) in [4.78, 5) is 12.3. The molecular formula is C15H24O. The normalized spacial score (nSPS) is 54.1. The van der Waals surface area contributed by atoms with E-state index < -0.39 is 0 Å². The highest BCUT2D eigenvalue weighted by Gasteiger charge is 2.65. The second-order valence-corrected chi connectivity index (χ2v) is 7.54. The fraction of sp³-hybridized carbons (Fsp3) is 0.933. The van der Waals surface area contributed by atoms with Gasteiger partial charge >= 0.3 is 0 Å². The van der Waals surface area contributed by atoms with Gasteiger partial charge in [-0.3, -0.25) is 4.79 Å². The van der Waals surface area contributed by atoms with Gasteiger partial charge in [0.2, 0.25) is 0 Å². The van der Waals surface area contributed by atoms with Gasteiger partial charge in [0, 0.05) is 11.8 Å². The lowest BCUT2D eigenvalue weighted by Gasteiger charge is -2.49. The Bertz CT molecular complexity index is 339. The van der Waals surface area contributed by atoms with Crippen molar-refractivity contribution in [2.45, 2.75) is 53.4 Å². The summed E-state index contributed by atoms with van der Waals surface area (Å²) in [6.45, 7) is 9.44. The van der Waals surface area contributed by atoms with Crippen molar-refractivity contribution in [3.8, 4) is 0 Å². The van der Waals surface area contributed by atoms with Crippen LogP contribution >= 0.6 is 0 Å². The second-order valence-electron chi connectivity index (χ2n) is 7.54. The zero-order chi connectivity index (χ0) is 11.7. The zero-order valence-corrected chi connectivity index (χ0v) is 11.0. The number of hydrogen-bond donors (Lipinski definition) is 0. The molecule has 0 amide bonds. The number of fused-ring (bicyclic) bond motifs is 3. The molecule has 5 atom stereocenters. The average Bonchev–Trinajstić information content (AvgIpc) is 2.86. The first-order valence-electron chi connectivity index (χ1n) is 6.90. The maximum Gasteiger partial charge on any atom is 0.139 e. The Labute approximate surface area is 99.0 Å². The van der Waals surface area contributed by atoms with E-state index in [1.165, 1.54) is 25.7 Å². The molecule has 4 aliphatic rings. The van der Waals surface area contributed by atoms with Gasteiger partial charge in [-0.1, -0.05) is 27.7 Å². The van der Waals surface area contributed by atoms with Crippen molar-refractivity contribution in [1.82, 2.24) is 0 Å². The Hall–Kier alpha value is -0.330. The van der Waals surface area contributed by atoms with Crippen LogP contribution in [0.1, 0.15) is 53.4 Å². The summed E-state index contributed by atoms with van der Waals surface area (Å²) >= 11 is 0. The smallest absolute Gasteiger partial charge is 0.139 e. The number of hydrogen-bond acceptors (Lipinski definition) is 1. The fourth-order valence-corrected chi connectivity index (χ4v) is 5.08. The first kappa shape index (κ1) is 10.8. The van der Waals surface area contributed by atoms with Crippen LogP contribution in [0.2, 0.25) is 0 Å². The van der Waals surface area contributed by atoms with Crippen molar-refractivity contribution in [2.24, 2.45) is 34.5 Å². The summed E-state index contributed by atoms with van der Waals surface area (Å²) in [7, 11) is 0. The highest BCUT2D eigenvalue weighted by atomic mass is 16.1. The van der Waals surface area contributed by atoms with Crippen molar-refractivity contribution >= 4 is 5.78 Å². The van der Waals surface area contributed by atoms with Gasteiger partial charge in [0.1, 0.15) is 5.78 Å². The molecule has 4 rings (SSSR count). The topological polar surface area (TPSA) is 17.1 Å². The molecule has 0 radical (unpaired) electrons. The number of ketones is 1. The van der Waals surface area contributed by atoms with Gasteiger partial charge < -0.3 is 0 Å². The number of carbonyl (C=O) groups is 1. The third-order valence-corrected chi connectivity index (χ3v) is 6.13. The van der Waals surface area contributed by atoms with Crippen LogP contribution in [0, 0.1) is 34.5 Å².